The van der Waals surface area contributed by atoms with E-state index in [0.717, 1.165) is 22.6 Å². The lowest BCUT2D eigenvalue weighted by molar-refractivity contribution is 0.400. The summed E-state index contributed by atoms with van der Waals surface area (Å²) in [6.45, 7) is 1.99. The molecule has 0 spiro atoms. The van der Waals surface area contributed by atoms with Gasteiger partial charge in [0.15, 0.2) is 0 Å². The average molecular weight is 273 g/mol. The predicted octanol–water partition coefficient (Wildman–Crippen LogP) is 1.96. The number of ether oxygens (including phenoxy) is 2. The Bertz CT molecular complexity index is 587. The van der Waals surface area contributed by atoms with Gasteiger partial charge in [-0.1, -0.05) is 12.1 Å². The molecule has 0 aliphatic carbocycles. The molecule has 0 fully saturated rings. The number of nitrogens with one attached hydrogen (secondary N) is 1. The Labute approximate surface area is 118 Å². The summed E-state index contributed by atoms with van der Waals surface area (Å²) in [5, 5.41) is 0. The Hall–Kier alpha value is -2.11. The number of nitrogens with two attached hydrogens (primary N) is 1. The van der Waals surface area contributed by atoms with E-state index in [1.807, 2.05) is 37.3 Å². The molecule has 0 aliphatic rings. The lowest BCUT2D eigenvalue weighted by Crippen LogP contribution is -2.30. The molecule has 3 N–H and O–H groups in total. The third-order valence-corrected chi connectivity index (χ3v) is 3.21. The summed E-state index contributed by atoms with van der Waals surface area (Å²) in [4.78, 5) is 4.37. The highest BCUT2D eigenvalue weighted by atomic mass is 16.5. The van der Waals surface area contributed by atoms with Gasteiger partial charge in [0.25, 0.3) is 0 Å². The van der Waals surface area contributed by atoms with E-state index in [-0.39, 0.29) is 6.04 Å². The van der Waals surface area contributed by atoms with Crippen LogP contribution in [0.2, 0.25) is 0 Å². The largest absolute Gasteiger partial charge is 0.496 e. The third-order valence-electron chi connectivity index (χ3n) is 3.21. The zero-order valence-electron chi connectivity index (χ0n) is 11.9. The minimum atomic E-state index is -0.240. The normalized spacial score (nSPS) is 12.0. The summed E-state index contributed by atoms with van der Waals surface area (Å²) >= 11 is 0. The SMILES string of the molecule is COc1ccc(C(NN)c2ncccc2OC)cc1C. The molecule has 0 aliphatic heterocycles. The fourth-order valence-corrected chi connectivity index (χ4v) is 2.21. The topological polar surface area (TPSA) is 69.4 Å². The van der Waals surface area contributed by atoms with Gasteiger partial charge in [0.1, 0.15) is 17.2 Å². The molecule has 1 aromatic heterocycles. The van der Waals surface area contributed by atoms with Crippen LogP contribution in [0.15, 0.2) is 36.5 Å². The smallest absolute Gasteiger partial charge is 0.142 e. The Morgan fingerprint density at radius 1 is 1.15 bits per heavy atom. The first kappa shape index (κ1) is 14.3. The van der Waals surface area contributed by atoms with Gasteiger partial charge in [-0.25, -0.2) is 5.43 Å². The van der Waals surface area contributed by atoms with E-state index in [9.17, 15) is 0 Å². The Kier molecular flexibility index (Phi) is 4.55. The van der Waals surface area contributed by atoms with E-state index >= 15 is 0 Å². The molecular weight excluding hydrogens is 254 g/mol. The van der Waals surface area contributed by atoms with Gasteiger partial charge in [0.05, 0.1) is 20.3 Å². The number of hydrogen-bond acceptors (Lipinski definition) is 5. The molecule has 5 nitrogen and oxygen atoms in total. The molecule has 106 valence electrons. The van der Waals surface area contributed by atoms with Crippen molar-refractivity contribution < 1.29 is 9.47 Å². The summed E-state index contributed by atoms with van der Waals surface area (Å²) in [7, 11) is 3.27. The van der Waals surface area contributed by atoms with Crippen LogP contribution >= 0.6 is 0 Å². The maximum absolute atomic E-state index is 5.70. The molecule has 1 unspecified atom stereocenters. The molecule has 0 radical (unpaired) electrons. The number of nitrogens with zero attached hydrogens (tertiary/aromatic N) is 1. The highest BCUT2D eigenvalue weighted by Gasteiger charge is 2.19. The fourth-order valence-electron chi connectivity index (χ4n) is 2.21. The van der Waals surface area contributed by atoms with Crippen molar-refractivity contribution >= 4 is 0 Å². The van der Waals surface area contributed by atoms with Crippen LogP contribution < -0.4 is 20.7 Å². The number of methoxy groups -OCH3 is 2. The molecule has 1 heterocycles. The average Bonchev–Trinajstić information content (AvgIpc) is 2.49. The number of hydrazine groups is 1. The Morgan fingerprint density at radius 2 is 1.90 bits per heavy atom. The molecule has 1 aromatic carbocycles. The van der Waals surface area contributed by atoms with Crippen LogP contribution in [0.25, 0.3) is 0 Å². The van der Waals surface area contributed by atoms with Crippen LogP contribution in [-0.2, 0) is 0 Å². The number of aromatic nitrogens is 1. The molecule has 2 rings (SSSR count). The quantitative estimate of drug-likeness (QED) is 0.644. The zero-order chi connectivity index (χ0) is 14.5. The van der Waals surface area contributed by atoms with Crippen LogP contribution in [0.3, 0.4) is 0 Å². The number of rotatable bonds is 5. The standard InChI is InChI=1S/C15H19N3O2/c1-10-9-11(6-7-12(10)19-2)14(18-16)15-13(20-3)5-4-8-17-15/h4-9,14,18H,16H2,1-3H3. The number of pyridine rings is 1. The first-order valence-electron chi connectivity index (χ1n) is 6.30. The summed E-state index contributed by atoms with van der Waals surface area (Å²) in [6, 6.07) is 9.36. The second-order valence-electron chi connectivity index (χ2n) is 4.42. The molecule has 2 aromatic rings. The van der Waals surface area contributed by atoms with E-state index in [1.54, 1.807) is 20.4 Å². The molecule has 5 heteroatoms. The van der Waals surface area contributed by atoms with Crippen molar-refractivity contribution in [1.82, 2.24) is 10.4 Å². The van der Waals surface area contributed by atoms with Gasteiger partial charge in [0, 0.05) is 6.20 Å². The lowest BCUT2D eigenvalue weighted by atomic mass is 10.0. The highest BCUT2D eigenvalue weighted by molar-refractivity contribution is 5.42. The maximum atomic E-state index is 5.70. The minimum Gasteiger partial charge on any atom is -0.496 e. The van der Waals surface area contributed by atoms with Gasteiger partial charge in [-0.2, -0.15) is 0 Å². The molecule has 0 saturated carbocycles. The number of hydrogen-bond donors (Lipinski definition) is 2. The molecule has 20 heavy (non-hydrogen) atoms. The molecule has 0 saturated heterocycles. The Balaban J connectivity index is 2.44. The van der Waals surface area contributed by atoms with Crippen molar-refractivity contribution in [3.05, 3.63) is 53.3 Å². The molecule has 1 atom stereocenters. The summed E-state index contributed by atoms with van der Waals surface area (Å²) in [5.41, 5.74) is 5.59. The molecule has 0 amide bonds. The zero-order valence-corrected chi connectivity index (χ0v) is 11.9. The van der Waals surface area contributed by atoms with Gasteiger partial charge < -0.3 is 9.47 Å². The van der Waals surface area contributed by atoms with Gasteiger partial charge in [-0.15, -0.1) is 0 Å². The van der Waals surface area contributed by atoms with E-state index in [2.05, 4.69) is 10.4 Å². The molecular formula is C15H19N3O2. The van der Waals surface area contributed by atoms with Gasteiger partial charge in [-0.3, -0.25) is 10.8 Å². The maximum Gasteiger partial charge on any atom is 0.142 e. The van der Waals surface area contributed by atoms with Crippen molar-refractivity contribution in [1.29, 1.82) is 0 Å². The second kappa shape index (κ2) is 6.36. The van der Waals surface area contributed by atoms with Crippen LogP contribution in [0.4, 0.5) is 0 Å². The number of aryl methyl sites for hydroxylation is 1. The first-order valence-corrected chi connectivity index (χ1v) is 6.30. The van der Waals surface area contributed by atoms with Crippen LogP contribution in [-0.4, -0.2) is 19.2 Å². The van der Waals surface area contributed by atoms with Crippen LogP contribution in [0, 0.1) is 6.92 Å². The lowest BCUT2D eigenvalue weighted by Gasteiger charge is -2.19. The van der Waals surface area contributed by atoms with Crippen LogP contribution in [0.5, 0.6) is 11.5 Å². The first-order chi connectivity index (χ1) is 9.71. The second-order valence-corrected chi connectivity index (χ2v) is 4.42. The Morgan fingerprint density at radius 3 is 2.50 bits per heavy atom. The van der Waals surface area contributed by atoms with E-state index in [4.69, 9.17) is 15.3 Å². The predicted molar refractivity (Wildman–Crippen MR) is 77.7 cm³/mol. The van der Waals surface area contributed by atoms with Crippen molar-refractivity contribution in [2.45, 2.75) is 13.0 Å². The number of benzene rings is 1. The van der Waals surface area contributed by atoms with Crippen molar-refractivity contribution in [3.8, 4) is 11.5 Å². The highest BCUT2D eigenvalue weighted by Crippen LogP contribution is 2.29. The van der Waals surface area contributed by atoms with Crippen molar-refractivity contribution in [2.75, 3.05) is 14.2 Å². The van der Waals surface area contributed by atoms with Crippen molar-refractivity contribution in [2.24, 2.45) is 5.84 Å². The fraction of sp³-hybridized carbons (Fsp3) is 0.267. The minimum absolute atomic E-state index is 0.240. The monoisotopic (exact) mass is 273 g/mol. The summed E-state index contributed by atoms with van der Waals surface area (Å²) in [5.74, 6) is 7.25. The van der Waals surface area contributed by atoms with E-state index < -0.39 is 0 Å². The van der Waals surface area contributed by atoms with Crippen LogP contribution in [0.1, 0.15) is 22.9 Å². The van der Waals surface area contributed by atoms with E-state index in [1.165, 1.54) is 0 Å². The van der Waals surface area contributed by atoms with E-state index in [0.29, 0.717) is 5.75 Å². The van der Waals surface area contributed by atoms with Crippen molar-refractivity contribution in [3.63, 3.8) is 0 Å². The van der Waals surface area contributed by atoms with Gasteiger partial charge >= 0.3 is 0 Å². The molecule has 0 bridgehead atoms. The van der Waals surface area contributed by atoms with Gasteiger partial charge in [0.2, 0.25) is 0 Å². The summed E-state index contributed by atoms with van der Waals surface area (Å²) in [6.07, 6.45) is 1.72. The third kappa shape index (κ3) is 2.74. The summed E-state index contributed by atoms with van der Waals surface area (Å²) < 4.78 is 10.6. The van der Waals surface area contributed by atoms with Gasteiger partial charge in [-0.05, 0) is 36.2 Å².